The van der Waals surface area contributed by atoms with Gasteiger partial charge in [0.15, 0.2) is 29.1 Å². The number of likely N-dealkylation sites (N-methyl/N-ethyl adjacent to an activating group) is 1. The normalized spacial score (nSPS) is 19.9. The molecule has 2 fully saturated rings. The molecule has 0 radical (unpaired) electrons. The van der Waals surface area contributed by atoms with E-state index in [9.17, 15) is 27.2 Å². The minimum absolute atomic E-state index is 0.0158. The van der Waals surface area contributed by atoms with Crippen molar-refractivity contribution in [2.75, 3.05) is 46.3 Å². The highest BCUT2D eigenvalue weighted by Crippen LogP contribution is 2.24. The number of piperazine rings is 1. The zero-order valence-electron chi connectivity index (χ0n) is 18.5. The quantitative estimate of drug-likeness (QED) is 0.490. The van der Waals surface area contributed by atoms with Gasteiger partial charge in [-0.2, -0.15) is 0 Å². The second kappa shape index (κ2) is 9.80. The lowest BCUT2D eigenvalue weighted by molar-refractivity contribution is -0.113. The van der Waals surface area contributed by atoms with Gasteiger partial charge in [-0.05, 0) is 54.6 Å². The molecule has 2 saturated heterocycles. The Morgan fingerprint density at radius 3 is 1.65 bits per heavy atom. The molecule has 9 heteroatoms. The summed E-state index contributed by atoms with van der Waals surface area (Å²) < 4.78 is 54.1. The smallest absolute Gasteiger partial charge is 0.320 e. The van der Waals surface area contributed by atoms with E-state index < -0.39 is 29.1 Å². The minimum atomic E-state index is -1.06. The van der Waals surface area contributed by atoms with Crippen molar-refractivity contribution in [3.8, 4) is 0 Å². The summed E-state index contributed by atoms with van der Waals surface area (Å²) in [5, 5.41) is 0. The first kappa shape index (κ1) is 23.7. The van der Waals surface area contributed by atoms with Gasteiger partial charge in [0.1, 0.15) is 0 Å². The largest absolute Gasteiger partial charge is 0.322 e. The van der Waals surface area contributed by atoms with Crippen molar-refractivity contribution in [1.29, 1.82) is 0 Å². The number of halogens is 4. The van der Waals surface area contributed by atoms with Crippen molar-refractivity contribution >= 4 is 24.0 Å². The van der Waals surface area contributed by atoms with Gasteiger partial charge in [0.25, 0.3) is 0 Å². The van der Waals surface area contributed by atoms with Crippen LogP contribution >= 0.6 is 0 Å². The molecule has 2 aliphatic rings. The molecule has 0 N–H and O–H groups in total. The van der Waals surface area contributed by atoms with Gasteiger partial charge < -0.3 is 14.7 Å². The Hall–Kier alpha value is -3.46. The lowest BCUT2D eigenvalue weighted by Crippen LogP contribution is -2.54. The Morgan fingerprint density at radius 2 is 1.21 bits per heavy atom. The molecular weight excluding hydrogens is 450 g/mol. The van der Waals surface area contributed by atoms with E-state index in [-0.39, 0.29) is 41.4 Å². The summed E-state index contributed by atoms with van der Waals surface area (Å²) in [5.74, 6) is -4.54. The van der Waals surface area contributed by atoms with Crippen LogP contribution in [0.1, 0.15) is 11.1 Å². The zero-order chi connectivity index (χ0) is 24.4. The van der Waals surface area contributed by atoms with Crippen LogP contribution in [0.15, 0.2) is 47.5 Å². The molecule has 0 aliphatic carbocycles. The molecular formula is C25H23F4N3O2. The molecule has 34 heavy (non-hydrogen) atoms. The Morgan fingerprint density at radius 1 is 0.735 bits per heavy atom. The molecule has 4 rings (SSSR count). The van der Waals surface area contributed by atoms with Gasteiger partial charge in [0.05, 0.1) is 13.1 Å². The molecule has 0 atom stereocenters. The summed E-state index contributed by atoms with van der Waals surface area (Å²) in [6.45, 7) is 2.46. The third-order valence-electron chi connectivity index (χ3n) is 5.92. The fraction of sp³-hybridized carbons (Fsp3) is 0.280. The molecule has 178 valence electrons. The number of hydrogen-bond donors (Lipinski definition) is 0. The number of piperidine rings is 1. The zero-order valence-corrected chi connectivity index (χ0v) is 18.5. The van der Waals surface area contributed by atoms with E-state index in [0.717, 1.165) is 24.3 Å². The minimum Gasteiger partial charge on any atom is -0.322 e. The molecule has 0 unspecified atom stereocenters. The van der Waals surface area contributed by atoms with E-state index in [1.807, 2.05) is 7.05 Å². The monoisotopic (exact) mass is 473 g/mol. The predicted octanol–water partition coefficient (Wildman–Crippen LogP) is 3.96. The van der Waals surface area contributed by atoms with Crippen LogP contribution in [0.3, 0.4) is 0 Å². The fourth-order valence-corrected chi connectivity index (χ4v) is 3.98. The molecule has 0 spiro atoms. The summed E-state index contributed by atoms with van der Waals surface area (Å²) >= 11 is 0. The van der Waals surface area contributed by atoms with Crippen LogP contribution in [0.2, 0.25) is 0 Å². The average Bonchev–Trinajstić information content (AvgIpc) is 2.81. The summed E-state index contributed by atoms with van der Waals surface area (Å²) in [7, 11) is 1.96. The highest BCUT2D eigenvalue weighted by Gasteiger charge is 2.32. The molecule has 2 aromatic carbocycles. The Bertz CT molecular complexity index is 1110. The van der Waals surface area contributed by atoms with E-state index >= 15 is 0 Å². The Labute approximate surface area is 194 Å². The van der Waals surface area contributed by atoms with Gasteiger partial charge in [-0.25, -0.2) is 22.4 Å². The average molecular weight is 473 g/mol. The van der Waals surface area contributed by atoms with Crippen LogP contribution in [0, 0.1) is 23.3 Å². The van der Waals surface area contributed by atoms with Crippen molar-refractivity contribution in [1.82, 2.24) is 14.7 Å². The first-order chi connectivity index (χ1) is 16.2. The molecule has 2 amide bonds. The van der Waals surface area contributed by atoms with Gasteiger partial charge in [0, 0.05) is 37.3 Å². The number of urea groups is 1. The first-order valence-corrected chi connectivity index (χ1v) is 10.8. The number of hydrogen-bond acceptors (Lipinski definition) is 3. The molecule has 5 nitrogen and oxygen atoms in total. The lowest BCUT2D eigenvalue weighted by Gasteiger charge is -2.38. The number of ketones is 1. The van der Waals surface area contributed by atoms with E-state index in [1.54, 1.807) is 4.90 Å². The van der Waals surface area contributed by atoms with Crippen molar-refractivity contribution < 1.29 is 27.2 Å². The summed E-state index contributed by atoms with van der Waals surface area (Å²) in [6, 6.07) is 6.26. The number of nitrogens with zero attached hydrogens (tertiary/aromatic N) is 3. The highest BCUT2D eigenvalue weighted by atomic mass is 19.2. The number of carbonyl (C=O) groups is 2. The van der Waals surface area contributed by atoms with Gasteiger partial charge in [-0.1, -0.05) is 12.1 Å². The van der Waals surface area contributed by atoms with Crippen LogP contribution in [0.25, 0.3) is 12.2 Å². The van der Waals surface area contributed by atoms with Gasteiger partial charge in [0.2, 0.25) is 0 Å². The van der Waals surface area contributed by atoms with E-state index in [4.69, 9.17) is 0 Å². The molecule has 0 saturated carbocycles. The lowest BCUT2D eigenvalue weighted by atomic mass is 9.94. The van der Waals surface area contributed by atoms with Crippen LogP contribution in [-0.4, -0.2) is 72.8 Å². The van der Waals surface area contributed by atoms with Crippen LogP contribution in [0.4, 0.5) is 22.4 Å². The summed E-state index contributed by atoms with van der Waals surface area (Å²) in [4.78, 5) is 31.7. The maximum Gasteiger partial charge on any atom is 0.320 e. The fourth-order valence-electron chi connectivity index (χ4n) is 3.98. The molecule has 0 bridgehead atoms. The number of amides is 2. The van der Waals surface area contributed by atoms with Crippen molar-refractivity contribution in [3.63, 3.8) is 0 Å². The second-order valence-corrected chi connectivity index (χ2v) is 8.44. The van der Waals surface area contributed by atoms with Gasteiger partial charge in [-0.3, -0.25) is 4.79 Å². The number of Topliss-reactive ketones (excluding diaryl/α,β-unsaturated/α-hetero) is 1. The standard InChI is InChI=1S/C25H23F4N3O2/c1-30-6-8-31(9-7-30)25(34)32-14-18(10-16-2-4-20(26)22(28)12-16)24(33)19(15-32)11-17-3-5-21(27)23(29)13-17/h2-5,10-13H,6-9,14-15H2,1H3/b18-10+,19-11+. The van der Waals surface area contributed by atoms with Crippen LogP contribution < -0.4 is 0 Å². The highest BCUT2D eigenvalue weighted by molar-refractivity contribution is 6.15. The van der Waals surface area contributed by atoms with Crippen LogP contribution in [0.5, 0.6) is 0 Å². The molecule has 2 aromatic rings. The topological polar surface area (TPSA) is 43.9 Å². The van der Waals surface area contributed by atoms with E-state index in [1.165, 1.54) is 29.2 Å². The van der Waals surface area contributed by atoms with E-state index in [2.05, 4.69) is 4.90 Å². The molecule has 2 heterocycles. The summed E-state index contributed by atoms with van der Waals surface area (Å²) in [5.41, 5.74) is 0.939. The Balaban J connectivity index is 1.68. The number of benzene rings is 2. The first-order valence-electron chi connectivity index (χ1n) is 10.8. The maximum atomic E-state index is 13.7. The third-order valence-corrected chi connectivity index (χ3v) is 5.92. The van der Waals surface area contributed by atoms with Gasteiger partial charge >= 0.3 is 6.03 Å². The second-order valence-electron chi connectivity index (χ2n) is 8.44. The van der Waals surface area contributed by atoms with Crippen molar-refractivity contribution in [2.24, 2.45) is 0 Å². The molecule has 0 aromatic heterocycles. The Kier molecular flexibility index (Phi) is 6.83. The number of likely N-dealkylation sites (tertiary alicyclic amines) is 1. The predicted molar refractivity (Wildman–Crippen MR) is 120 cm³/mol. The van der Waals surface area contributed by atoms with Gasteiger partial charge in [-0.15, -0.1) is 0 Å². The van der Waals surface area contributed by atoms with Crippen molar-refractivity contribution in [3.05, 3.63) is 81.9 Å². The van der Waals surface area contributed by atoms with E-state index in [0.29, 0.717) is 26.2 Å². The maximum absolute atomic E-state index is 13.7. The number of rotatable bonds is 2. The summed E-state index contributed by atoms with van der Waals surface area (Å²) in [6.07, 6.45) is 2.82. The number of carbonyl (C=O) groups excluding carboxylic acids is 2. The molecule has 2 aliphatic heterocycles. The third kappa shape index (κ3) is 5.20. The van der Waals surface area contributed by atoms with Crippen LogP contribution in [-0.2, 0) is 4.79 Å². The van der Waals surface area contributed by atoms with Crippen molar-refractivity contribution in [2.45, 2.75) is 0 Å². The SMILES string of the molecule is CN1CCN(C(=O)N2C/C(=C\c3ccc(F)c(F)c3)C(=O)/C(=C/c3ccc(F)c(F)c3)C2)CC1.